The Kier molecular flexibility index (Phi) is 3.08. The van der Waals surface area contributed by atoms with E-state index in [1.54, 1.807) is 0 Å². The molecule has 1 N–H and O–H groups in total. The molecule has 6 heteroatoms. The van der Waals surface area contributed by atoms with Crippen molar-refractivity contribution in [2.45, 2.75) is 0 Å². The molecule has 1 aliphatic rings. The number of benzene rings is 1. The number of aromatic nitrogens is 3. The number of likely N-dealkylation sites (N-methyl/N-ethyl adjacent to an activating group) is 1. The lowest BCUT2D eigenvalue weighted by Crippen LogP contribution is -2.44. The lowest BCUT2D eigenvalue weighted by molar-refractivity contribution is 0.312. The molecule has 0 amide bonds. The normalized spacial score (nSPS) is 17.0. The number of anilines is 1. The molecule has 2 aromatic heterocycles. The maximum atomic E-state index is 4.88. The summed E-state index contributed by atoms with van der Waals surface area (Å²) in [6.07, 6.45) is 1.89. The summed E-state index contributed by atoms with van der Waals surface area (Å²) >= 11 is 3.53. The first-order chi connectivity index (χ1) is 10.2. The third-order valence-corrected chi connectivity index (χ3v) is 4.63. The second-order valence-electron chi connectivity index (χ2n) is 5.55. The van der Waals surface area contributed by atoms with Crippen molar-refractivity contribution in [1.82, 2.24) is 20.1 Å². The SMILES string of the molecule is CN1CCN(c2nc3ccc(Br)cc3c3cn[nH]c23)CC1. The van der Waals surface area contributed by atoms with Gasteiger partial charge in [0.05, 0.1) is 11.7 Å². The third-order valence-electron chi connectivity index (χ3n) is 4.14. The summed E-state index contributed by atoms with van der Waals surface area (Å²) < 4.78 is 1.06. The number of hydrogen-bond acceptors (Lipinski definition) is 4. The summed E-state index contributed by atoms with van der Waals surface area (Å²) in [5, 5.41) is 9.62. The molecule has 1 saturated heterocycles. The van der Waals surface area contributed by atoms with Crippen LogP contribution in [-0.4, -0.2) is 53.3 Å². The number of pyridine rings is 1. The van der Waals surface area contributed by atoms with E-state index in [0.29, 0.717) is 0 Å². The van der Waals surface area contributed by atoms with Crippen LogP contribution in [0.25, 0.3) is 21.8 Å². The van der Waals surface area contributed by atoms with Crippen LogP contribution in [0.15, 0.2) is 28.9 Å². The number of piperazine rings is 1. The van der Waals surface area contributed by atoms with E-state index in [4.69, 9.17) is 4.98 Å². The number of hydrogen-bond donors (Lipinski definition) is 1. The molecule has 3 heterocycles. The van der Waals surface area contributed by atoms with E-state index in [-0.39, 0.29) is 0 Å². The van der Waals surface area contributed by atoms with E-state index in [1.807, 2.05) is 12.3 Å². The molecule has 0 saturated carbocycles. The minimum atomic E-state index is 1.000. The summed E-state index contributed by atoms with van der Waals surface area (Å²) in [4.78, 5) is 9.58. The van der Waals surface area contributed by atoms with Crippen LogP contribution in [0, 0.1) is 0 Å². The van der Waals surface area contributed by atoms with Crippen LogP contribution in [0.4, 0.5) is 5.82 Å². The highest BCUT2D eigenvalue weighted by molar-refractivity contribution is 9.10. The Balaban J connectivity index is 1.91. The minimum absolute atomic E-state index is 1.000. The number of nitrogens with zero attached hydrogens (tertiary/aromatic N) is 4. The predicted molar refractivity (Wildman–Crippen MR) is 88.8 cm³/mol. The Morgan fingerprint density at radius 1 is 1.14 bits per heavy atom. The molecule has 1 aliphatic heterocycles. The second kappa shape index (κ2) is 4.96. The fourth-order valence-corrected chi connectivity index (χ4v) is 3.26. The van der Waals surface area contributed by atoms with Crippen LogP contribution >= 0.6 is 15.9 Å². The van der Waals surface area contributed by atoms with E-state index < -0.39 is 0 Å². The van der Waals surface area contributed by atoms with Gasteiger partial charge in [0, 0.05) is 41.4 Å². The first-order valence-electron chi connectivity index (χ1n) is 7.08. The Hall–Kier alpha value is -1.66. The summed E-state index contributed by atoms with van der Waals surface area (Å²) in [7, 11) is 2.16. The molecule has 1 fully saturated rings. The van der Waals surface area contributed by atoms with Gasteiger partial charge >= 0.3 is 0 Å². The maximum absolute atomic E-state index is 4.88. The van der Waals surface area contributed by atoms with E-state index in [2.05, 4.69) is 55.1 Å². The number of fused-ring (bicyclic) bond motifs is 3. The largest absolute Gasteiger partial charge is 0.352 e. The van der Waals surface area contributed by atoms with Crippen LogP contribution in [0.5, 0.6) is 0 Å². The van der Waals surface area contributed by atoms with Crippen LogP contribution in [-0.2, 0) is 0 Å². The van der Waals surface area contributed by atoms with Crippen molar-refractivity contribution in [1.29, 1.82) is 0 Å². The molecule has 0 radical (unpaired) electrons. The predicted octanol–water partition coefficient (Wildman–Crippen LogP) is 2.63. The Morgan fingerprint density at radius 3 is 2.76 bits per heavy atom. The van der Waals surface area contributed by atoms with Gasteiger partial charge < -0.3 is 9.80 Å². The molecule has 3 aromatic rings. The average molecular weight is 346 g/mol. The fourth-order valence-electron chi connectivity index (χ4n) is 2.90. The van der Waals surface area contributed by atoms with Gasteiger partial charge in [-0.1, -0.05) is 15.9 Å². The molecule has 21 heavy (non-hydrogen) atoms. The third kappa shape index (κ3) is 2.18. The van der Waals surface area contributed by atoms with E-state index in [9.17, 15) is 0 Å². The van der Waals surface area contributed by atoms with Crippen LogP contribution in [0.1, 0.15) is 0 Å². The van der Waals surface area contributed by atoms with Crippen LogP contribution in [0.2, 0.25) is 0 Å². The Bertz CT molecular complexity index is 804. The maximum Gasteiger partial charge on any atom is 0.155 e. The molecular formula is C15H16BrN5. The molecule has 0 unspecified atom stereocenters. The molecule has 0 spiro atoms. The van der Waals surface area contributed by atoms with Crippen LogP contribution in [0.3, 0.4) is 0 Å². The van der Waals surface area contributed by atoms with Crippen molar-refractivity contribution in [2.24, 2.45) is 0 Å². The van der Waals surface area contributed by atoms with Gasteiger partial charge in [-0.2, -0.15) is 5.10 Å². The number of H-pyrrole nitrogens is 1. The first kappa shape index (κ1) is 13.0. The number of nitrogens with one attached hydrogen (secondary N) is 1. The molecule has 108 valence electrons. The highest BCUT2D eigenvalue weighted by Gasteiger charge is 2.20. The van der Waals surface area contributed by atoms with Crippen molar-refractivity contribution in [2.75, 3.05) is 38.1 Å². The van der Waals surface area contributed by atoms with Gasteiger partial charge in [-0.3, -0.25) is 5.10 Å². The standard InChI is InChI=1S/C15H16BrN5/c1-20-4-6-21(7-5-20)15-14-12(9-17-19-14)11-8-10(16)2-3-13(11)18-15/h2-3,8-9H,4-7H2,1H3,(H,17,19). The van der Waals surface area contributed by atoms with Gasteiger partial charge in [-0.25, -0.2) is 4.98 Å². The van der Waals surface area contributed by atoms with Gasteiger partial charge in [0.2, 0.25) is 0 Å². The lowest BCUT2D eigenvalue weighted by atomic mass is 10.1. The quantitative estimate of drug-likeness (QED) is 0.736. The van der Waals surface area contributed by atoms with Crippen molar-refractivity contribution in [3.05, 3.63) is 28.9 Å². The summed E-state index contributed by atoms with van der Waals surface area (Å²) in [6, 6.07) is 6.20. The summed E-state index contributed by atoms with van der Waals surface area (Å²) in [5.41, 5.74) is 2.05. The lowest BCUT2D eigenvalue weighted by Gasteiger charge is -2.33. The van der Waals surface area contributed by atoms with Gasteiger partial charge in [0.1, 0.15) is 5.52 Å². The number of halogens is 1. The zero-order valence-corrected chi connectivity index (χ0v) is 13.4. The zero-order chi connectivity index (χ0) is 14.4. The van der Waals surface area contributed by atoms with Gasteiger partial charge in [0.25, 0.3) is 0 Å². The van der Waals surface area contributed by atoms with Gasteiger partial charge in [-0.05, 0) is 25.2 Å². The molecule has 5 nitrogen and oxygen atoms in total. The van der Waals surface area contributed by atoms with E-state index >= 15 is 0 Å². The van der Waals surface area contributed by atoms with Crippen molar-refractivity contribution >= 4 is 43.6 Å². The molecule has 0 aliphatic carbocycles. The molecule has 1 aromatic carbocycles. The molecular weight excluding hydrogens is 330 g/mol. The second-order valence-corrected chi connectivity index (χ2v) is 6.46. The first-order valence-corrected chi connectivity index (χ1v) is 7.87. The molecule has 0 bridgehead atoms. The zero-order valence-electron chi connectivity index (χ0n) is 11.8. The minimum Gasteiger partial charge on any atom is -0.352 e. The number of rotatable bonds is 1. The van der Waals surface area contributed by atoms with Gasteiger partial charge in [0.15, 0.2) is 5.82 Å². The highest BCUT2D eigenvalue weighted by atomic mass is 79.9. The Morgan fingerprint density at radius 2 is 1.95 bits per heavy atom. The van der Waals surface area contributed by atoms with Gasteiger partial charge in [-0.15, -0.1) is 0 Å². The van der Waals surface area contributed by atoms with Crippen molar-refractivity contribution < 1.29 is 0 Å². The average Bonchev–Trinajstić information content (AvgIpc) is 2.97. The molecule has 4 rings (SSSR count). The fraction of sp³-hybridized carbons (Fsp3) is 0.333. The van der Waals surface area contributed by atoms with E-state index in [1.165, 1.54) is 0 Å². The smallest absolute Gasteiger partial charge is 0.155 e. The van der Waals surface area contributed by atoms with Crippen molar-refractivity contribution in [3.8, 4) is 0 Å². The summed E-state index contributed by atoms with van der Waals surface area (Å²) in [6.45, 7) is 4.13. The Labute approximate surface area is 131 Å². The highest BCUT2D eigenvalue weighted by Crippen LogP contribution is 2.31. The number of aromatic amines is 1. The monoisotopic (exact) mass is 345 g/mol. The summed E-state index contributed by atoms with van der Waals surface area (Å²) in [5.74, 6) is 1.02. The van der Waals surface area contributed by atoms with Crippen LogP contribution < -0.4 is 4.90 Å². The topological polar surface area (TPSA) is 48.1 Å². The molecule has 0 atom stereocenters. The van der Waals surface area contributed by atoms with E-state index in [0.717, 1.165) is 58.3 Å². The van der Waals surface area contributed by atoms with Crippen molar-refractivity contribution in [3.63, 3.8) is 0 Å².